The second kappa shape index (κ2) is 6.48. The number of aromatic nitrogens is 5. The molecule has 1 N–H and O–H groups in total. The van der Waals surface area contributed by atoms with Crippen LogP contribution in [0.3, 0.4) is 0 Å². The molecule has 1 amide bonds. The summed E-state index contributed by atoms with van der Waals surface area (Å²) in [6.45, 7) is 0. The van der Waals surface area contributed by atoms with E-state index in [1.54, 1.807) is 6.07 Å². The Morgan fingerprint density at radius 1 is 1.04 bits per heavy atom. The van der Waals surface area contributed by atoms with Crippen LogP contribution in [0.15, 0.2) is 67.5 Å². The van der Waals surface area contributed by atoms with E-state index in [0.717, 1.165) is 16.3 Å². The van der Waals surface area contributed by atoms with Crippen LogP contribution in [0.5, 0.6) is 0 Å². The highest BCUT2D eigenvalue weighted by Crippen LogP contribution is 2.19. The molecule has 2 aromatic heterocycles. The number of nitrogens with zero attached hydrogens (tertiary/aromatic N) is 5. The zero-order valence-electron chi connectivity index (χ0n) is 13.2. The molecule has 0 radical (unpaired) electrons. The number of carbonyl (C=O) groups excluding carboxylic acids is 1. The minimum atomic E-state index is -0.139. The third-order valence-corrected chi connectivity index (χ3v) is 3.80. The third kappa shape index (κ3) is 3.20. The van der Waals surface area contributed by atoms with Gasteiger partial charge >= 0.3 is 0 Å². The minimum Gasteiger partial charge on any atom is -0.310 e. The zero-order valence-corrected chi connectivity index (χ0v) is 13.2. The molecule has 0 atom stereocenters. The van der Waals surface area contributed by atoms with Gasteiger partial charge in [-0.25, -0.2) is 19.6 Å². The van der Waals surface area contributed by atoms with Gasteiger partial charge in [-0.05, 0) is 16.3 Å². The summed E-state index contributed by atoms with van der Waals surface area (Å²) in [4.78, 5) is 24.5. The summed E-state index contributed by atoms with van der Waals surface area (Å²) < 4.78 is 1.50. The molecule has 0 unspecified atom stereocenters. The average Bonchev–Trinajstić information content (AvgIpc) is 3.17. The molecule has 122 valence electrons. The molecule has 0 aliphatic rings. The van der Waals surface area contributed by atoms with Gasteiger partial charge < -0.3 is 5.32 Å². The van der Waals surface area contributed by atoms with Crippen molar-refractivity contribution in [2.45, 2.75) is 6.42 Å². The van der Waals surface area contributed by atoms with Crippen LogP contribution in [0.1, 0.15) is 5.56 Å². The summed E-state index contributed by atoms with van der Waals surface area (Å²) in [6.07, 6.45) is 4.60. The van der Waals surface area contributed by atoms with E-state index in [1.807, 2.05) is 42.5 Å². The molecule has 4 aromatic rings. The first-order valence-corrected chi connectivity index (χ1v) is 7.73. The van der Waals surface area contributed by atoms with Crippen LogP contribution in [0.4, 0.5) is 5.82 Å². The standard InChI is InChI=1S/C18H14N6O/c25-18(8-14-6-3-5-13-4-1-2-7-15(13)14)23-16-9-17(21-11-20-16)24-12-19-10-22-24/h1-7,9-12H,8H2,(H,20,21,23,25). The molecule has 2 heterocycles. The van der Waals surface area contributed by atoms with Crippen molar-refractivity contribution in [2.24, 2.45) is 0 Å². The van der Waals surface area contributed by atoms with E-state index in [-0.39, 0.29) is 12.3 Å². The predicted molar refractivity (Wildman–Crippen MR) is 93.2 cm³/mol. The molecule has 7 nitrogen and oxygen atoms in total. The van der Waals surface area contributed by atoms with Crippen LogP contribution in [-0.4, -0.2) is 30.6 Å². The topological polar surface area (TPSA) is 85.6 Å². The molecule has 7 heteroatoms. The highest BCUT2D eigenvalue weighted by molar-refractivity contribution is 5.95. The molecule has 0 aliphatic heterocycles. The lowest BCUT2D eigenvalue weighted by Crippen LogP contribution is -2.16. The Bertz CT molecular complexity index is 1020. The van der Waals surface area contributed by atoms with Gasteiger partial charge in [-0.2, -0.15) is 5.10 Å². The van der Waals surface area contributed by atoms with Gasteiger partial charge in [0, 0.05) is 6.07 Å². The first-order valence-electron chi connectivity index (χ1n) is 7.73. The SMILES string of the molecule is O=C(Cc1cccc2ccccc12)Nc1cc(-n2cncn2)ncn1. The van der Waals surface area contributed by atoms with Crippen LogP contribution >= 0.6 is 0 Å². The third-order valence-electron chi connectivity index (χ3n) is 3.80. The summed E-state index contributed by atoms with van der Waals surface area (Å²) >= 11 is 0. The fourth-order valence-corrected chi connectivity index (χ4v) is 2.67. The van der Waals surface area contributed by atoms with E-state index in [0.29, 0.717) is 11.6 Å². The maximum Gasteiger partial charge on any atom is 0.229 e. The van der Waals surface area contributed by atoms with Gasteiger partial charge in [0.05, 0.1) is 6.42 Å². The van der Waals surface area contributed by atoms with Gasteiger partial charge in [-0.3, -0.25) is 4.79 Å². The number of fused-ring (bicyclic) bond motifs is 1. The molecule has 0 bridgehead atoms. The largest absolute Gasteiger partial charge is 0.310 e. The molecular weight excluding hydrogens is 316 g/mol. The van der Waals surface area contributed by atoms with Crippen molar-refractivity contribution in [1.29, 1.82) is 0 Å². The highest BCUT2D eigenvalue weighted by Gasteiger charge is 2.09. The summed E-state index contributed by atoms with van der Waals surface area (Å²) in [5, 5.41) is 9.01. The molecule has 2 aromatic carbocycles. The Kier molecular flexibility index (Phi) is 3.88. The molecule has 4 rings (SSSR count). The van der Waals surface area contributed by atoms with Crippen molar-refractivity contribution >= 4 is 22.5 Å². The Hall–Kier alpha value is -3.61. The number of amides is 1. The van der Waals surface area contributed by atoms with Crippen LogP contribution in [0.25, 0.3) is 16.6 Å². The second-order valence-electron chi connectivity index (χ2n) is 5.46. The van der Waals surface area contributed by atoms with Gasteiger partial charge in [0.25, 0.3) is 0 Å². The summed E-state index contributed by atoms with van der Waals surface area (Å²) in [7, 11) is 0. The molecular formula is C18H14N6O. The van der Waals surface area contributed by atoms with Crippen LogP contribution in [-0.2, 0) is 11.2 Å². The lowest BCUT2D eigenvalue weighted by atomic mass is 10.0. The summed E-state index contributed by atoms with van der Waals surface area (Å²) in [5.74, 6) is 0.818. The predicted octanol–water partition coefficient (Wildman–Crippen LogP) is 2.39. The lowest BCUT2D eigenvalue weighted by Gasteiger charge is -2.08. The van der Waals surface area contributed by atoms with Crippen LogP contribution < -0.4 is 5.32 Å². The quantitative estimate of drug-likeness (QED) is 0.621. The lowest BCUT2D eigenvalue weighted by molar-refractivity contribution is -0.115. The van der Waals surface area contributed by atoms with Crippen molar-refractivity contribution in [3.8, 4) is 5.82 Å². The summed E-state index contributed by atoms with van der Waals surface area (Å²) in [6, 6.07) is 15.6. The zero-order chi connectivity index (χ0) is 17.1. The second-order valence-corrected chi connectivity index (χ2v) is 5.46. The highest BCUT2D eigenvalue weighted by atomic mass is 16.1. The average molecular weight is 330 g/mol. The van der Waals surface area contributed by atoms with Gasteiger partial charge in [-0.1, -0.05) is 42.5 Å². The van der Waals surface area contributed by atoms with Gasteiger partial charge in [-0.15, -0.1) is 0 Å². The number of hydrogen-bond donors (Lipinski definition) is 1. The maximum absolute atomic E-state index is 12.4. The van der Waals surface area contributed by atoms with Crippen molar-refractivity contribution < 1.29 is 4.79 Å². The number of nitrogens with one attached hydrogen (secondary N) is 1. The molecule has 25 heavy (non-hydrogen) atoms. The van der Waals surface area contributed by atoms with E-state index in [2.05, 4.69) is 25.4 Å². The molecule has 0 fully saturated rings. The smallest absolute Gasteiger partial charge is 0.229 e. The van der Waals surface area contributed by atoms with Crippen molar-refractivity contribution in [1.82, 2.24) is 24.7 Å². The summed E-state index contributed by atoms with van der Waals surface area (Å²) in [5.41, 5.74) is 0.973. The van der Waals surface area contributed by atoms with Gasteiger partial charge in [0.1, 0.15) is 24.8 Å². The fraction of sp³-hybridized carbons (Fsp3) is 0.0556. The number of hydrogen-bond acceptors (Lipinski definition) is 5. The van der Waals surface area contributed by atoms with Crippen molar-refractivity contribution in [2.75, 3.05) is 5.32 Å². The van der Waals surface area contributed by atoms with Gasteiger partial charge in [0.2, 0.25) is 5.91 Å². The van der Waals surface area contributed by atoms with E-state index < -0.39 is 0 Å². The minimum absolute atomic E-state index is 0.139. The number of anilines is 1. The number of benzene rings is 2. The maximum atomic E-state index is 12.4. The monoisotopic (exact) mass is 330 g/mol. The van der Waals surface area contributed by atoms with Crippen LogP contribution in [0, 0.1) is 0 Å². The van der Waals surface area contributed by atoms with Crippen molar-refractivity contribution in [3.63, 3.8) is 0 Å². The van der Waals surface area contributed by atoms with Crippen molar-refractivity contribution in [3.05, 3.63) is 73.1 Å². The molecule has 0 aliphatic carbocycles. The molecule has 0 saturated heterocycles. The number of rotatable bonds is 4. The molecule has 0 saturated carbocycles. The number of carbonyl (C=O) groups is 1. The Morgan fingerprint density at radius 2 is 1.92 bits per heavy atom. The van der Waals surface area contributed by atoms with E-state index in [1.165, 1.54) is 23.7 Å². The van der Waals surface area contributed by atoms with Crippen LogP contribution in [0.2, 0.25) is 0 Å². The van der Waals surface area contributed by atoms with E-state index >= 15 is 0 Å². The van der Waals surface area contributed by atoms with E-state index in [9.17, 15) is 4.79 Å². The fourth-order valence-electron chi connectivity index (χ4n) is 2.67. The molecule has 0 spiro atoms. The Labute approximate surface area is 143 Å². The van der Waals surface area contributed by atoms with Gasteiger partial charge in [0.15, 0.2) is 5.82 Å². The first kappa shape index (κ1) is 14.9. The van der Waals surface area contributed by atoms with E-state index in [4.69, 9.17) is 0 Å². The Morgan fingerprint density at radius 3 is 2.80 bits per heavy atom. The first-order chi connectivity index (χ1) is 12.3. The Balaban J connectivity index is 1.53. The normalized spacial score (nSPS) is 10.7.